The van der Waals surface area contributed by atoms with E-state index in [0.29, 0.717) is 12.8 Å². The van der Waals surface area contributed by atoms with Gasteiger partial charge in [-0.2, -0.15) is 0 Å². The van der Waals surface area contributed by atoms with Gasteiger partial charge in [0.05, 0.1) is 11.6 Å². The number of hydrogen-bond donors (Lipinski definition) is 2. The molecule has 0 amide bonds. The number of benzene rings is 1. The summed E-state index contributed by atoms with van der Waals surface area (Å²) in [5.41, 5.74) is 1.81. The van der Waals surface area contributed by atoms with E-state index in [4.69, 9.17) is 5.11 Å². The predicted octanol–water partition coefficient (Wildman–Crippen LogP) is 2.04. The SMILES string of the molecule is OCCCC(O)c1ccc2ncccc2c1. The van der Waals surface area contributed by atoms with E-state index in [9.17, 15) is 5.11 Å². The van der Waals surface area contributed by atoms with Crippen molar-refractivity contribution in [1.29, 1.82) is 0 Å². The second-order valence-electron chi connectivity index (χ2n) is 3.84. The molecule has 0 saturated heterocycles. The van der Waals surface area contributed by atoms with E-state index in [2.05, 4.69) is 4.98 Å². The number of rotatable bonds is 4. The minimum atomic E-state index is -0.503. The molecule has 0 fully saturated rings. The zero-order valence-corrected chi connectivity index (χ0v) is 9.00. The summed E-state index contributed by atoms with van der Waals surface area (Å²) < 4.78 is 0. The molecule has 1 heterocycles. The molecule has 0 aliphatic carbocycles. The highest BCUT2D eigenvalue weighted by molar-refractivity contribution is 5.78. The largest absolute Gasteiger partial charge is 0.396 e. The molecular weight excluding hydrogens is 202 g/mol. The molecule has 0 radical (unpaired) electrons. The molecular formula is C13H15NO2. The molecule has 3 nitrogen and oxygen atoms in total. The third kappa shape index (κ3) is 2.38. The van der Waals surface area contributed by atoms with Gasteiger partial charge in [-0.25, -0.2) is 0 Å². The summed E-state index contributed by atoms with van der Waals surface area (Å²) in [5.74, 6) is 0. The van der Waals surface area contributed by atoms with Crippen molar-refractivity contribution in [3.8, 4) is 0 Å². The molecule has 0 bridgehead atoms. The lowest BCUT2D eigenvalue weighted by molar-refractivity contribution is 0.152. The maximum absolute atomic E-state index is 9.88. The molecule has 16 heavy (non-hydrogen) atoms. The number of hydrogen-bond acceptors (Lipinski definition) is 3. The fourth-order valence-corrected chi connectivity index (χ4v) is 1.75. The first kappa shape index (κ1) is 11.0. The Hall–Kier alpha value is -1.45. The van der Waals surface area contributed by atoms with Crippen molar-refractivity contribution < 1.29 is 10.2 Å². The van der Waals surface area contributed by atoms with Crippen LogP contribution in [-0.4, -0.2) is 21.8 Å². The van der Waals surface area contributed by atoms with Crippen LogP contribution < -0.4 is 0 Å². The van der Waals surface area contributed by atoms with Gasteiger partial charge in [-0.15, -0.1) is 0 Å². The predicted molar refractivity (Wildman–Crippen MR) is 63.0 cm³/mol. The van der Waals surface area contributed by atoms with Crippen molar-refractivity contribution in [2.75, 3.05) is 6.61 Å². The topological polar surface area (TPSA) is 53.4 Å². The second-order valence-corrected chi connectivity index (χ2v) is 3.84. The van der Waals surface area contributed by atoms with Crippen LogP contribution in [0.1, 0.15) is 24.5 Å². The molecule has 84 valence electrons. The normalized spacial score (nSPS) is 12.9. The standard InChI is InChI=1S/C13H15NO2/c15-8-2-4-13(16)11-5-6-12-10(9-11)3-1-7-14-12/h1,3,5-7,9,13,15-16H,2,4,8H2. The van der Waals surface area contributed by atoms with E-state index in [1.165, 1.54) is 0 Å². The highest BCUT2D eigenvalue weighted by Crippen LogP contribution is 2.21. The molecule has 0 aliphatic rings. The number of aliphatic hydroxyl groups is 2. The van der Waals surface area contributed by atoms with Gasteiger partial charge in [0.15, 0.2) is 0 Å². The molecule has 1 atom stereocenters. The Balaban J connectivity index is 2.25. The number of fused-ring (bicyclic) bond motifs is 1. The third-order valence-corrected chi connectivity index (χ3v) is 2.65. The van der Waals surface area contributed by atoms with E-state index >= 15 is 0 Å². The first-order chi connectivity index (χ1) is 7.81. The Morgan fingerprint density at radius 3 is 2.94 bits per heavy atom. The van der Waals surface area contributed by atoms with Gasteiger partial charge in [0.25, 0.3) is 0 Å². The molecule has 0 saturated carbocycles. The van der Waals surface area contributed by atoms with Gasteiger partial charge < -0.3 is 10.2 Å². The molecule has 1 aromatic heterocycles. The van der Waals surface area contributed by atoms with Crippen LogP contribution >= 0.6 is 0 Å². The Bertz CT molecular complexity index is 470. The Labute approximate surface area is 94.4 Å². The van der Waals surface area contributed by atoms with Gasteiger partial charge in [-0.3, -0.25) is 4.98 Å². The fourth-order valence-electron chi connectivity index (χ4n) is 1.75. The van der Waals surface area contributed by atoms with Crippen LogP contribution in [0.2, 0.25) is 0 Å². The summed E-state index contributed by atoms with van der Waals surface area (Å²) in [5, 5.41) is 19.6. The fraction of sp³-hybridized carbons (Fsp3) is 0.308. The molecule has 2 aromatic rings. The highest BCUT2D eigenvalue weighted by Gasteiger charge is 2.07. The zero-order valence-electron chi connectivity index (χ0n) is 9.00. The number of nitrogens with zero attached hydrogens (tertiary/aromatic N) is 1. The van der Waals surface area contributed by atoms with Gasteiger partial charge in [0.1, 0.15) is 0 Å². The maximum atomic E-state index is 9.88. The van der Waals surface area contributed by atoms with Gasteiger partial charge in [0.2, 0.25) is 0 Å². The van der Waals surface area contributed by atoms with Gasteiger partial charge in [0, 0.05) is 18.2 Å². The molecule has 0 spiro atoms. The van der Waals surface area contributed by atoms with Gasteiger partial charge in [-0.1, -0.05) is 12.1 Å². The quantitative estimate of drug-likeness (QED) is 0.824. The van der Waals surface area contributed by atoms with Crippen molar-refractivity contribution >= 4 is 10.9 Å². The highest BCUT2D eigenvalue weighted by atomic mass is 16.3. The lowest BCUT2D eigenvalue weighted by atomic mass is 10.0. The summed E-state index contributed by atoms with van der Waals surface area (Å²) in [6.07, 6.45) is 2.45. The first-order valence-corrected chi connectivity index (χ1v) is 5.45. The van der Waals surface area contributed by atoms with Crippen molar-refractivity contribution in [3.05, 3.63) is 42.1 Å². The van der Waals surface area contributed by atoms with Crippen molar-refractivity contribution in [2.45, 2.75) is 18.9 Å². The van der Waals surface area contributed by atoms with E-state index in [1.807, 2.05) is 30.3 Å². The lowest BCUT2D eigenvalue weighted by Crippen LogP contribution is -1.98. The van der Waals surface area contributed by atoms with Gasteiger partial charge in [-0.05, 0) is 36.6 Å². The van der Waals surface area contributed by atoms with Crippen LogP contribution in [0.3, 0.4) is 0 Å². The number of pyridine rings is 1. The van der Waals surface area contributed by atoms with Crippen molar-refractivity contribution in [2.24, 2.45) is 0 Å². The average Bonchev–Trinajstić information content (AvgIpc) is 2.35. The van der Waals surface area contributed by atoms with Crippen LogP contribution in [0.25, 0.3) is 10.9 Å². The van der Waals surface area contributed by atoms with Crippen LogP contribution in [0, 0.1) is 0 Å². The minimum Gasteiger partial charge on any atom is -0.396 e. The lowest BCUT2D eigenvalue weighted by Gasteiger charge is -2.10. The summed E-state index contributed by atoms with van der Waals surface area (Å²) in [4.78, 5) is 4.22. The summed E-state index contributed by atoms with van der Waals surface area (Å²) in [6.45, 7) is 0.117. The van der Waals surface area contributed by atoms with Gasteiger partial charge >= 0.3 is 0 Å². The van der Waals surface area contributed by atoms with Crippen LogP contribution in [0.15, 0.2) is 36.5 Å². The summed E-state index contributed by atoms with van der Waals surface area (Å²) in [6, 6.07) is 9.60. The Morgan fingerprint density at radius 1 is 1.25 bits per heavy atom. The molecule has 2 rings (SSSR count). The monoisotopic (exact) mass is 217 g/mol. The summed E-state index contributed by atoms with van der Waals surface area (Å²) >= 11 is 0. The van der Waals surface area contributed by atoms with Crippen LogP contribution in [0.5, 0.6) is 0 Å². The third-order valence-electron chi connectivity index (χ3n) is 2.65. The molecule has 3 heteroatoms. The van der Waals surface area contributed by atoms with Crippen LogP contribution in [-0.2, 0) is 0 Å². The van der Waals surface area contributed by atoms with Crippen LogP contribution in [0.4, 0.5) is 0 Å². The minimum absolute atomic E-state index is 0.117. The van der Waals surface area contributed by atoms with Crippen molar-refractivity contribution in [3.63, 3.8) is 0 Å². The number of aliphatic hydroxyl groups excluding tert-OH is 2. The van der Waals surface area contributed by atoms with E-state index < -0.39 is 6.10 Å². The smallest absolute Gasteiger partial charge is 0.0791 e. The van der Waals surface area contributed by atoms with Crippen molar-refractivity contribution in [1.82, 2.24) is 4.98 Å². The summed E-state index contributed by atoms with van der Waals surface area (Å²) in [7, 11) is 0. The molecule has 1 unspecified atom stereocenters. The second kappa shape index (κ2) is 5.05. The molecule has 0 aliphatic heterocycles. The Kier molecular flexibility index (Phi) is 3.49. The van der Waals surface area contributed by atoms with E-state index in [0.717, 1.165) is 16.5 Å². The molecule has 2 N–H and O–H groups in total. The maximum Gasteiger partial charge on any atom is 0.0791 e. The first-order valence-electron chi connectivity index (χ1n) is 5.45. The Morgan fingerprint density at radius 2 is 2.12 bits per heavy atom. The number of aromatic nitrogens is 1. The zero-order chi connectivity index (χ0) is 11.4. The molecule has 1 aromatic carbocycles. The van der Waals surface area contributed by atoms with E-state index in [-0.39, 0.29) is 6.61 Å². The average molecular weight is 217 g/mol. The van der Waals surface area contributed by atoms with E-state index in [1.54, 1.807) is 6.20 Å².